The summed E-state index contributed by atoms with van der Waals surface area (Å²) in [4.78, 5) is 13.0. The average molecular weight is 503 g/mol. The van der Waals surface area contributed by atoms with Gasteiger partial charge in [-0.2, -0.15) is 4.31 Å². The van der Waals surface area contributed by atoms with Gasteiger partial charge in [0.15, 0.2) is 0 Å². The Morgan fingerprint density at radius 1 is 1.03 bits per heavy atom. The highest BCUT2D eigenvalue weighted by Crippen LogP contribution is 2.37. The van der Waals surface area contributed by atoms with Crippen LogP contribution >= 0.6 is 23.2 Å². The van der Waals surface area contributed by atoms with Gasteiger partial charge in [-0.1, -0.05) is 23.2 Å². The van der Waals surface area contributed by atoms with E-state index in [0.717, 1.165) is 0 Å². The molecule has 0 bridgehead atoms. The van der Waals surface area contributed by atoms with E-state index in [4.69, 9.17) is 37.4 Å². The fourth-order valence-electron chi connectivity index (χ4n) is 3.56. The second-order valence-corrected chi connectivity index (χ2v) is 9.92. The lowest BCUT2D eigenvalue weighted by Crippen LogP contribution is -2.43. The number of rotatable bonds is 7. The second kappa shape index (κ2) is 10.2. The van der Waals surface area contributed by atoms with Crippen LogP contribution in [0, 0.1) is 5.92 Å². The van der Waals surface area contributed by atoms with Crippen molar-refractivity contribution in [2.45, 2.75) is 17.7 Å². The molecule has 1 saturated heterocycles. The van der Waals surface area contributed by atoms with Gasteiger partial charge < -0.3 is 19.5 Å². The predicted molar refractivity (Wildman–Crippen MR) is 123 cm³/mol. The van der Waals surface area contributed by atoms with Gasteiger partial charge in [0.2, 0.25) is 15.9 Å². The summed E-state index contributed by atoms with van der Waals surface area (Å²) in [7, 11) is 0.402. The van der Waals surface area contributed by atoms with Crippen LogP contribution < -0.4 is 19.5 Å². The number of anilines is 1. The molecule has 1 aliphatic heterocycles. The number of methoxy groups -OCH3 is 3. The van der Waals surface area contributed by atoms with E-state index in [1.807, 2.05) is 0 Å². The Morgan fingerprint density at radius 2 is 1.72 bits per heavy atom. The van der Waals surface area contributed by atoms with Crippen molar-refractivity contribution in [2.24, 2.45) is 5.92 Å². The van der Waals surface area contributed by atoms with Crippen molar-refractivity contribution in [3.05, 3.63) is 40.4 Å². The van der Waals surface area contributed by atoms with E-state index < -0.39 is 15.9 Å². The number of halogens is 2. The summed E-state index contributed by atoms with van der Waals surface area (Å²) >= 11 is 12.1. The van der Waals surface area contributed by atoms with E-state index in [1.165, 1.54) is 37.8 Å². The van der Waals surface area contributed by atoms with E-state index in [0.29, 0.717) is 41.6 Å². The first-order valence-corrected chi connectivity index (χ1v) is 12.0. The average Bonchev–Trinajstić information content (AvgIpc) is 2.79. The van der Waals surface area contributed by atoms with Crippen molar-refractivity contribution in [1.29, 1.82) is 0 Å². The maximum absolute atomic E-state index is 13.3. The van der Waals surface area contributed by atoms with E-state index in [2.05, 4.69) is 5.32 Å². The Balaban J connectivity index is 1.82. The Labute approximate surface area is 197 Å². The highest BCUT2D eigenvalue weighted by atomic mass is 35.5. The molecule has 3 rings (SSSR count). The van der Waals surface area contributed by atoms with E-state index in [1.54, 1.807) is 18.2 Å². The Bertz CT molecular complexity index is 1110. The molecular weight excluding hydrogens is 479 g/mol. The molecule has 0 saturated carbocycles. The third-order valence-corrected chi connectivity index (χ3v) is 7.65. The van der Waals surface area contributed by atoms with Crippen LogP contribution in [-0.4, -0.2) is 53.0 Å². The van der Waals surface area contributed by atoms with Crippen molar-refractivity contribution < 1.29 is 27.4 Å². The number of piperidine rings is 1. The van der Waals surface area contributed by atoms with Crippen LogP contribution in [0.3, 0.4) is 0 Å². The van der Waals surface area contributed by atoms with E-state index in [-0.39, 0.29) is 28.1 Å². The fraction of sp³-hybridized carbons (Fsp3) is 0.381. The third kappa shape index (κ3) is 5.06. The molecule has 0 spiro atoms. The first-order valence-electron chi connectivity index (χ1n) is 9.77. The number of amides is 1. The Kier molecular flexibility index (Phi) is 7.76. The summed E-state index contributed by atoms with van der Waals surface area (Å²) in [6.07, 6.45) is 1.07. The molecule has 1 fully saturated rings. The van der Waals surface area contributed by atoms with Crippen molar-refractivity contribution in [3.63, 3.8) is 0 Å². The quantitative estimate of drug-likeness (QED) is 0.613. The van der Waals surface area contributed by atoms with Gasteiger partial charge in [-0.05, 0) is 31.0 Å². The standard InChI is InChI=1S/C21H24Cl2N2O6S/c1-29-17-7-6-14(22)9-20(17)32(27,28)25-8-4-5-13(12-25)21(26)24-16-11-18(30-2)15(23)10-19(16)31-3/h6-7,9-11,13H,4-5,8,12H2,1-3H3,(H,24,26)/t13-/m0/s1. The van der Waals surface area contributed by atoms with Gasteiger partial charge in [0.05, 0.1) is 38.0 Å². The van der Waals surface area contributed by atoms with Crippen molar-refractivity contribution in [2.75, 3.05) is 39.7 Å². The van der Waals surface area contributed by atoms with Gasteiger partial charge >= 0.3 is 0 Å². The van der Waals surface area contributed by atoms with Crippen molar-refractivity contribution in [3.8, 4) is 17.2 Å². The molecule has 0 aliphatic carbocycles. The van der Waals surface area contributed by atoms with Gasteiger partial charge in [0, 0.05) is 30.2 Å². The molecular formula is C21H24Cl2N2O6S. The number of hydrogen-bond donors (Lipinski definition) is 1. The monoisotopic (exact) mass is 502 g/mol. The lowest BCUT2D eigenvalue weighted by molar-refractivity contribution is -0.120. The summed E-state index contributed by atoms with van der Waals surface area (Å²) in [5.41, 5.74) is 0.384. The second-order valence-electron chi connectivity index (χ2n) is 7.17. The number of nitrogens with zero attached hydrogens (tertiary/aromatic N) is 1. The molecule has 2 aromatic carbocycles. The molecule has 0 unspecified atom stereocenters. The molecule has 0 aromatic heterocycles. The number of carbonyl (C=O) groups is 1. The summed E-state index contributed by atoms with van der Waals surface area (Å²) in [5, 5.41) is 3.42. The van der Waals surface area contributed by atoms with Gasteiger partial charge in [-0.3, -0.25) is 4.79 Å². The third-order valence-electron chi connectivity index (χ3n) is 5.23. The summed E-state index contributed by atoms with van der Waals surface area (Å²) < 4.78 is 43.5. The van der Waals surface area contributed by atoms with Gasteiger partial charge in [0.25, 0.3) is 0 Å². The van der Waals surface area contributed by atoms with Gasteiger partial charge in [-0.15, -0.1) is 0 Å². The zero-order valence-corrected chi connectivity index (χ0v) is 20.2. The van der Waals surface area contributed by atoms with Crippen LogP contribution in [-0.2, 0) is 14.8 Å². The molecule has 1 heterocycles. The first kappa shape index (κ1) is 24.4. The summed E-state index contributed by atoms with van der Waals surface area (Å²) in [6.45, 7) is 0.316. The van der Waals surface area contributed by atoms with Crippen LogP contribution in [0.15, 0.2) is 35.2 Å². The van der Waals surface area contributed by atoms with Crippen LogP contribution in [0.1, 0.15) is 12.8 Å². The molecule has 0 radical (unpaired) electrons. The largest absolute Gasteiger partial charge is 0.495 e. The van der Waals surface area contributed by atoms with Crippen LogP contribution in [0.4, 0.5) is 5.69 Å². The molecule has 32 heavy (non-hydrogen) atoms. The number of carbonyl (C=O) groups excluding carboxylic acids is 1. The maximum atomic E-state index is 13.3. The number of nitrogens with one attached hydrogen (secondary N) is 1. The predicted octanol–water partition coefficient (Wildman–Crippen LogP) is 4.06. The molecule has 2 aromatic rings. The number of benzene rings is 2. The molecule has 1 amide bonds. The minimum Gasteiger partial charge on any atom is -0.495 e. The van der Waals surface area contributed by atoms with Gasteiger partial charge in [0.1, 0.15) is 22.1 Å². The maximum Gasteiger partial charge on any atom is 0.246 e. The van der Waals surface area contributed by atoms with E-state index >= 15 is 0 Å². The highest BCUT2D eigenvalue weighted by Gasteiger charge is 2.35. The van der Waals surface area contributed by atoms with E-state index in [9.17, 15) is 13.2 Å². The summed E-state index contributed by atoms with van der Waals surface area (Å²) in [5.74, 6) is 0.0523. The summed E-state index contributed by atoms with van der Waals surface area (Å²) in [6, 6.07) is 7.51. The lowest BCUT2D eigenvalue weighted by Gasteiger charge is -2.31. The molecule has 1 aliphatic rings. The SMILES string of the molecule is COc1cc(NC(=O)[C@H]2CCCN(S(=O)(=O)c3cc(Cl)ccc3OC)C2)c(OC)cc1Cl. The minimum atomic E-state index is -3.91. The zero-order valence-electron chi connectivity index (χ0n) is 17.9. The first-order chi connectivity index (χ1) is 15.2. The molecule has 1 N–H and O–H groups in total. The minimum absolute atomic E-state index is 0.0247. The molecule has 1 atom stereocenters. The highest BCUT2D eigenvalue weighted by molar-refractivity contribution is 7.89. The zero-order chi connectivity index (χ0) is 23.5. The van der Waals surface area contributed by atoms with Gasteiger partial charge in [-0.25, -0.2) is 8.42 Å². The number of ether oxygens (including phenoxy) is 3. The Hall–Kier alpha value is -2.20. The van der Waals surface area contributed by atoms with Crippen LogP contribution in [0.2, 0.25) is 10.0 Å². The topological polar surface area (TPSA) is 94.2 Å². The molecule has 11 heteroatoms. The normalized spacial score (nSPS) is 17.0. The van der Waals surface area contributed by atoms with Crippen LogP contribution in [0.5, 0.6) is 17.2 Å². The fourth-order valence-corrected chi connectivity index (χ4v) is 5.73. The molecule has 8 nitrogen and oxygen atoms in total. The number of hydrogen-bond acceptors (Lipinski definition) is 6. The Morgan fingerprint density at radius 3 is 2.38 bits per heavy atom. The van der Waals surface area contributed by atoms with Crippen LogP contribution in [0.25, 0.3) is 0 Å². The smallest absolute Gasteiger partial charge is 0.246 e. The lowest BCUT2D eigenvalue weighted by atomic mass is 9.98. The molecule has 174 valence electrons. The van der Waals surface area contributed by atoms with Crippen molar-refractivity contribution >= 4 is 44.8 Å². The van der Waals surface area contributed by atoms with Crippen molar-refractivity contribution in [1.82, 2.24) is 4.31 Å². The number of sulfonamides is 1.